The number of H-pyrrole nitrogens is 1. The van der Waals surface area contributed by atoms with Crippen molar-refractivity contribution in [2.24, 2.45) is 0 Å². The first-order valence-electron chi connectivity index (χ1n) is 8.58. The van der Waals surface area contributed by atoms with Crippen molar-refractivity contribution in [2.45, 2.75) is 5.03 Å². The van der Waals surface area contributed by atoms with Crippen molar-refractivity contribution in [3.05, 3.63) is 58.8 Å². The zero-order chi connectivity index (χ0) is 20.4. The Kier molecular flexibility index (Phi) is 5.50. The Balaban J connectivity index is 1.47. The van der Waals surface area contributed by atoms with Crippen molar-refractivity contribution < 1.29 is 14.3 Å². The lowest BCUT2D eigenvalue weighted by Gasteiger charge is -2.06. The SMILES string of the molecule is COC(=O)c1ccc(NC(=O)CSc2ncnc3c2[nH]c2ccc(Br)cc23)cc1. The summed E-state index contributed by atoms with van der Waals surface area (Å²) in [6.45, 7) is 0. The summed E-state index contributed by atoms with van der Waals surface area (Å²) in [4.78, 5) is 35.8. The number of amides is 1. The number of benzene rings is 2. The highest BCUT2D eigenvalue weighted by atomic mass is 79.9. The summed E-state index contributed by atoms with van der Waals surface area (Å²) in [5, 5.41) is 4.51. The minimum Gasteiger partial charge on any atom is -0.465 e. The van der Waals surface area contributed by atoms with Crippen molar-refractivity contribution in [3.8, 4) is 0 Å². The highest BCUT2D eigenvalue weighted by Gasteiger charge is 2.13. The van der Waals surface area contributed by atoms with Crippen LogP contribution in [0.1, 0.15) is 10.4 Å². The van der Waals surface area contributed by atoms with E-state index in [4.69, 9.17) is 0 Å². The number of hydrogen-bond donors (Lipinski definition) is 2. The van der Waals surface area contributed by atoms with Crippen LogP contribution in [0.2, 0.25) is 0 Å². The molecule has 4 rings (SSSR count). The van der Waals surface area contributed by atoms with E-state index in [1.807, 2.05) is 18.2 Å². The molecule has 0 spiro atoms. The summed E-state index contributed by atoms with van der Waals surface area (Å²) in [5.41, 5.74) is 3.61. The normalized spacial score (nSPS) is 11.0. The second kappa shape index (κ2) is 8.22. The van der Waals surface area contributed by atoms with Gasteiger partial charge in [0.25, 0.3) is 0 Å². The smallest absolute Gasteiger partial charge is 0.337 e. The highest BCUT2D eigenvalue weighted by molar-refractivity contribution is 9.10. The number of hydrogen-bond acceptors (Lipinski definition) is 6. The summed E-state index contributed by atoms with van der Waals surface area (Å²) in [6, 6.07) is 12.5. The Morgan fingerprint density at radius 3 is 2.72 bits per heavy atom. The Hall–Kier alpha value is -2.91. The molecule has 7 nitrogen and oxygen atoms in total. The quantitative estimate of drug-likeness (QED) is 0.255. The molecule has 2 heterocycles. The molecule has 4 aromatic rings. The Morgan fingerprint density at radius 2 is 1.97 bits per heavy atom. The number of aromatic nitrogens is 3. The molecule has 0 aliphatic rings. The molecule has 0 fully saturated rings. The molecule has 146 valence electrons. The molecule has 9 heteroatoms. The minimum atomic E-state index is -0.420. The maximum absolute atomic E-state index is 12.3. The van der Waals surface area contributed by atoms with Crippen LogP contribution < -0.4 is 5.32 Å². The third-order valence-electron chi connectivity index (χ3n) is 4.24. The zero-order valence-electron chi connectivity index (χ0n) is 15.2. The van der Waals surface area contributed by atoms with Crippen molar-refractivity contribution in [3.63, 3.8) is 0 Å². The summed E-state index contributed by atoms with van der Waals surface area (Å²) >= 11 is 4.81. The van der Waals surface area contributed by atoms with Gasteiger partial charge in [-0.05, 0) is 42.5 Å². The fraction of sp³-hybridized carbons (Fsp3) is 0.100. The van der Waals surface area contributed by atoms with E-state index in [0.717, 1.165) is 26.4 Å². The van der Waals surface area contributed by atoms with Crippen molar-refractivity contribution in [1.29, 1.82) is 0 Å². The summed E-state index contributed by atoms with van der Waals surface area (Å²) in [7, 11) is 1.32. The van der Waals surface area contributed by atoms with Gasteiger partial charge < -0.3 is 15.0 Å². The van der Waals surface area contributed by atoms with Gasteiger partial charge in [0.2, 0.25) is 5.91 Å². The number of esters is 1. The van der Waals surface area contributed by atoms with Crippen molar-refractivity contribution in [2.75, 3.05) is 18.2 Å². The van der Waals surface area contributed by atoms with Crippen LogP contribution in [-0.4, -0.2) is 39.7 Å². The zero-order valence-corrected chi connectivity index (χ0v) is 17.6. The predicted molar refractivity (Wildman–Crippen MR) is 116 cm³/mol. The van der Waals surface area contributed by atoms with Crippen LogP contribution in [0.15, 0.2) is 58.3 Å². The molecule has 2 aromatic heterocycles. The van der Waals surface area contributed by atoms with Gasteiger partial charge in [0.1, 0.15) is 16.9 Å². The van der Waals surface area contributed by atoms with Crippen LogP contribution in [0.5, 0.6) is 0 Å². The molecular formula is C20H15BrN4O3S. The van der Waals surface area contributed by atoms with Crippen LogP contribution in [0.25, 0.3) is 21.9 Å². The second-order valence-corrected chi connectivity index (χ2v) is 8.00. The molecule has 1 amide bonds. The van der Waals surface area contributed by atoms with Crippen LogP contribution in [-0.2, 0) is 9.53 Å². The molecule has 0 aliphatic carbocycles. The first-order valence-corrected chi connectivity index (χ1v) is 10.4. The van der Waals surface area contributed by atoms with Gasteiger partial charge >= 0.3 is 5.97 Å². The number of fused-ring (bicyclic) bond motifs is 3. The number of rotatable bonds is 5. The number of methoxy groups -OCH3 is 1. The fourth-order valence-corrected chi connectivity index (χ4v) is 4.01. The number of thioether (sulfide) groups is 1. The van der Waals surface area contributed by atoms with Gasteiger partial charge in [-0.2, -0.15) is 0 Å². The molecule has 2 aromatic carbocycles. The molecule has 0 unspecified atom stereocenters. The van der Waals surface area contributed by atoms with Crippen molar-refractivity contribution >= 4 is 67.2 Å². The largest absolute Gasteiger partial charge is 0.465 e. The molecule has 0 saturated heterocycles. The Morgan fingerprint density at radius 1 is 1.17 bits per heavy atom. The molecule has 0 atom stereocenters. The van der Waals surface area contributed by atoms with Crippen LogP contribution in [0.3, 0.4) is 0 Å². The molecule has 0 aliphatic heterocycles. The maximum atomic E-state index is 12.3. The number of carbonyl (C=O) groups excluding carboxylic acids is 2. The maximum Gasteiger partial charge on any atom is 0.337 e. The fourth-order valence-electron chi connectivity index (χ4n) is 2.89. The number of halogens is 1. The molecule has 0 radical (unpaired) electrons. The van der Waals surface area contributed by atoms with Gasteiger partial charge in [-0.25, -0.2) is 14.8 Å². The summed E-state index contributed by atoms with van der Waals surface area (Å²) in [5.74, 6) is -0.410. The number of aromatic amines is 1. The standard InChI is InChI=1S/C20H15BrN4O3S/c1-28-20(27)11-2-5-13(6-3-11)24-16(26)9-29-19-18-17(22-10-23-19)14-8-12(21)4-7-15(14)25-18/h2-8,10,25H,9H2,1H3,(H,24,26). The number of ether oxygens (including phenoxy) is 1. The number of nitrogens with one attached hydrogen (secondary N) is 2. The third-order valence-corrected chi connectivity index (χ3v) is 5.72. The van der Waals surface area contributed by atoms with Gasteiger partial charge in [-0.15, -0.1) is 0 Å². The van der Waals surface area contributed by atoms with E-state index in [2.05, 4.69) is 40.9 Å². The van der Waals surface area contributed by atoms with E-state index >= 15 is 0 Å². The third kappa shape index (κ3) is 4.10. The molecule has 0 saturated carbocycles. The number of carbonyl (C=O) groups is 2. The first-order chi connectivity index (χ1) is 14.0. The average Bonchev–Trinajstić information content (AvgIpc) is 3.10. The topological polar surface area (TPSA) is 97.0 Å². The van der Waals surface area contributed by atoms with Crippen molar-refractivity contribution in [1.82, 2.24) is 15.0 Å². The molecule has 0 bridgehead atoms. The van der Waals surface area contributed by atoms with E-state index in [1.165, 1.54) is 25.2 Å². The molecule has 2 N–H and O–H groups in total. The lowest BCUT2D eigenvalue weighted by atomic mass is 10.2. The Bertz CT molecular complexity index is 1220. The number of nitrogens with zero attached hydrogens (tertiary/aromatic N) is 2. The second-order valence-electron chi connectivity index (χ2n) is 6.12. The van der Waals surface area contributed by atoms with E-state index in [1.54, 1.807) is 24.3 Å². The number of anilines is 1. The van der Waals surface area contributed by atoms with E-state index in [-0.39, 0.29) is 11.7 Å². The van der Waals surface area contributed by atoms with Gasteiger partial charge in [0, 0.05) is 21.1 Å². The first kappa shape index (κ1) is 19.4. The monoisotopic (exact) mass is 470 g/mol. The average molecular weight is 471 g/mol. The van der Waals surface area contributed by atoms with E-state index in [9.17, 15) is 9.59 Å². The van der Waals surface area contributed by atoms with Crippen LogP contribution in [0, 0.1) is 0 Å². The van der Waals surface area contributed by atoms with Crippen LogP contribution >= 0.6 is 27.7 Å². The summed E-state index contributed by atoms with van der Waals surface area (Å²) in [6.07, 6.45) is 1.50. The van der Waals surface area contributed by atoms with Gasteiger partial charge in [0.05, 0.1) is 23.9 Å². The Labute approximate surface area is 178 Å². The van der Waals surface area contributed by atoms with Gasteiger partial charge in [-0.3, -0.25) is 4.79 Å². The van der Waals surface area contributed by atoms with E-state index < -0.39 is 5.97 Å². The highest BCUT2D eigenvalue weighted by Crippen LogP contribution is 2.31. The van der Waals surface area contributed by atoms with Gasteiger partial charge in [0.15, 0.2) is 0 Å². The summed E-state index contributed by atoms with van der Waals surface area (Å²) < 4.78 is 5.63. The minimum absolute atomic E-state index is 0.175. The van der Waals surface area contributed by atoms with Crippen LogP contribution in [0.4, 0.5) is 5.69 Å². The molecular weight excluding hydrogens is 456 g/mol. The molecule has 29 heavy (non-hydrogen) atoms. The lowest BCUT2D eigenvalue weighted by molar-refractivity contribution is -0.113. The predicted octanol–water partition coefficient (Wildman–Crippen LogP) is 4.39. The van der Waals surface area contributed by atoms with Gasteiger partial charge in [-0.1, -0.05) is 27.7 Å². The van der Waals surface area contributed by atoms with E-state index in [0.29, 0.717) is 16.3 Å². The lowest BCUT2D eigenvalue weighted by Crippen LogP contribution is -2.14.